The summed E-state index contributed by atoms with van der Waals surface area (Å²) in [5.74, 6) is 0.205. The van der Waals surface area contributed by atoms with E-state index in [-0.39, 0.29) is 5.91 Å². The number of rotatable bonds is 5. The van der Waals surface area contributed by atoms with Gasteiger partial charge in [-0.3, -0.25) is 4.79 Å². The fraction of sp³-hybridized carbons (Fsp3) is 0.185. The highest BCUT2D eigenvalue weighted by Crippen LogP contribution is 2.26. The molecule has 0 aliphatic heterocycles. The molecule has 1 aromatic heterocycles. The van der Waals surface area contributed by atoms with Gasteiger partial charge in [-0.05, 0) is 73.9 Å². The van der Waals surface area contributed by atoms with Crippen LogP contribution in [0.15, 0.2) is 65.8 Å². The fourth-order valence-electron chi connectivity index (χ4n) is 4.05. The molecule has 0 spiro atoms. The van der Waals surface area contributed by atoms with Gasteiger partial charge in [-0.25, -0.2) is 5.43 Å². The second kappa shape index (κ2) is 8.71. The molecule has 3 aromatic carbocycles. The van der Waals surface area contributed by atoms with Crippen molar-refractivity contribution in [3.05, 3.63) is 94.3 Å². The number of aromatic nitrogens is 1. The molecule has 0 fully saturated rings. The second-order valence-corrected chi connectivity index (χ2v) is 7.98. The Morgan fingerprint density at radius 2 is 1.69 bits per heavy atom. The Morgan fingerprint density at radius 1 is 0.969 bits per heavy atom. The Hall–Kier alpha value is -3.86. The number of carbonyl (C=O) groups is 1. The molecule has 1 heterocycles. The summed E-state index contributed by atoms with van der Waals surface area (Å²) < 4.78 is 7.65. The Kier molecular flexibility index (Phi) is 5.82. The largest absolute Gasteiger partial charge is 0.496 e. The Bertz CT molecular complexity index is 1350. The van der Waals surface area contributed by atoms with Crippen molar-refractivity contribution in [1.29, 1.82) is 0 Å². The first-order valence-corrected chi connectivity index (χ1v) is 10.6. The van der Waals surface area contributed by atoms with Crippen molar-refractivity contribution in [3.63, 3.8) is 0 Å². The summed E-state index contributed by atoms with van der Waals surface area (Å²) in [6.45, 7) is 8.38. The molecule has 0 atom stereocenters. The fourth-order valence-corrected chi connectivity index (χ4v) is 4.05. The van der Waals surface area contributed by atoms with Crippen LogP contribution in [0.3, 0.4) is 0 Å². The summed E-state index contributed by atoms with van der Waals surface area (Å²) in [6, 6.07) is 19.9. The van der Waals surface area contributed by atoms with Crippen LogP contribution in [0.2, 0.25) is 0 Å². The summed E-state index contributed by atoms with van der Waals surface area (Å²) in [7, 11) is 1.56. The lowest BCUT2D eigenvalue weighted by Gasteiger charge is -2.14. The number of carbonyl (C=O) groups excluding carboxylic acids is 1. The first kappa shape index (κ1) is 21.4. The van der Waals surface area contributed by atoms with Gasteiger partial charge in [-0.1, -0.05) is 36.4 Å². The molecule has 5 nitrogen and oxygen atoms in total. The lowest BCUT2D eigenvalue weighted by molar-refractivity contribution is 0.0952. The minimum absolute atomic E-state index is 0.313. The maximum Gasteiger partial charge on any atom is 0.275 e. The molecule has 32 heavy (non-hydrogen) atoms. The Labute approximate surface area is 188 Å². The molecule has 0 radical (unpaired) electrons. The number of hydrogen-bond donors (Lipinski definition) is 1. The third kappa shape index (κ3) is 3.89. The molecular formula is C27H27N3O2. The number of hydrogen-bond acceptors (Lipinski definition) is 3. The summed E-state index contributed by atoms with van der Waals surface area (Å²) in [6.07, 6.45) is 1.69. The van der Waals surface area contributed by atoms with E-state index in [0.29, 0.717) is 11.3 Å². The van der Waals surface area contributed by atoms with Crippen molar-refractivity contribution >= 4 is 22.9 Å². The summed E-state index contributed by atoms with van der Waals surface area (Å²) >= 11 is 0. The summed E-state index contributed by atoms with van der Waals surface area (Å²) in [5.41, 5.74) is 9.88. The predicted molar refractivity (Wildman–Crippen MR) is 130 cm³/mol. The molecule has 0 aliphatic carbocycles. The standard InChI is InChI=1S/C27H27N3O2/c1-17-9-8-12-25(19(17)3)30-18(2)13-23(20(30)4)16-28-29-27(31)24-14-21-10-6-7-11-22(21)15-26(24)32-5/h6-16H,1-5H3,(H,29,31). The van der Waals surface area contributed by atoms with Crippen LogP contribution in [0.1, 0.15) is 38.4 Å². The van der Waals surface area contributed by atoms with E-state index >= 15 is 0 Å². The number of amides is 1. The third-order valence-electron chi connectivity index (χ3n) is 5.97. The van der Waals surface area contributed by atoms with Gasteiger partial charge in [0.15, 0.2) is 0 Å². The molecule has 4 rings (SSSR count). The van der Waals surface area contributed by atoms with E-state index in [1.54, 1.807) is 13.3 Å². The zero-order valence-electron chi connectivity index (χ0n) is 19.1. The minimum Gasteiger partial charge on any atom is -0.496 e. The highest BCUT2D eigenvalue weighted by atomic mass is 16.5. The van der Waals surface area contributed by atoms with E-state index in [9.17, 15) is 4.79 Å². The topological polar surface area (TPSA) is 55.6 Å². The highest BCUT2D eigenvalue weighted by molar-refractivity contribution is 6.02. The van der Waals surface area contributed by atoms with Crippen molar-refractivity contribution < 1.29 is 9.53 Å². The number of hydrazone groups is 1. The average Bonchev–Trinajstić information content (AvgIpc) is 3.07. The van der Waals surface area contributed by atoms with Gasteiger partial charge in [0, 0.05) is 22.6 Å². The van der Waals surface area contributed by atoms with Crippen LogP contribution in [-0.4, -0.2) is 23.8 Å². The normalized spacial score (nSPS) is 11.3. The van der Waals surface area contributed by atoms with Crippen LogP contribution < -0.4 is 10.2 Å². The maximum absolute atomic E-state index is 12.8. The molecule has 1 amide bonds. The third-order valence-corrected chi connectivity index (χ3v) is 5.97. The van der Waals surface area contributed by atoms with Crippen LogP contribution in [-0.2, 0) is 0 Å². The van der Waals surface area contributed by atoms with E-state index in [2.05, 4.69) is 67.1 Å². The van der Waals surface area contributed by atoms with Gasteiger partial charge in [-0.2, -0.15) is 5.10 Å². The van der Waals surface area contributed by atoms with Gasteiger partial charge in [0.2, 0.25) is 0 Å². The molecule has 162 valence electrons. The highest BCUT2D eigenvalue weighted by Gasteiger charge is 2.14. The van der Waals surface area contributed by atoms with E-state index in [4.69, 9.17) is 4.74 Å². The molecule has 0 bridgehead atoms. The van der Waals surface area contributed by atoms with Gasteiger partial charge in [0.1, 0.15) is 5.75 Å². The Morgan fingerprint density at radius 3 is 2.41 bits per heavy atom. The molecule has 0 unspecified atom stereocenters. The average molecular weight is 426 g/mol. The van der Waals surface area contributed by atoms with Crippen LogP contribution >= 0.6 is 0 Å². The van der Waals surface area contributed by atoms with Crippen molar-refractivity contribution in [3.8, 4) is 11.4 Å². The van der Waals surface area contributed by atoms with Gasteiger partial charge in [0.25, 0.3) is 5.91 Å². The van der Waals surface area contributed by atoms with Crippen LogP contribution in [0.25, 0.3) is 16.5 Å². The van der Waals surface area contributed by atoms with Gasteiger partial charge < -0.3 is 9.30 Å². The monoisotopic (exact) mass is 425 g/mol. The number of nitrogens with one attached hydrogen (secondary N) is 1. The maximum atomic E-state index is 12.8. The quantitative estimate of drug-likeness (QED) is 0.332. The van der Waals surface area contributed by atoms with E-state index in [1.165, 1.54) is 11.1 Å². The lowest BCUT2D eigenvalue weighted by atomic mass is 10.1. The zero-order chi connectivity index (χ0) is 22.8. The van der Waals surface area contributed by atoms with Crippen molar-refractivity contribution in [2.75, 3.05) is 7.11 Å². The number of methoxy groups -OCH3 is 1. The predicted octanol–water partition coefficient (Wildman–Crippen LogP) is 5.64. The molecular weight excluding hydrogens is 398 g/mol. The lowest BCUT2D eigenvalue weighted by Crippen LogP contribution is -2.18. The van der Waals surface area contributed by atoms with Crippen molar-refractivity contribution in [2.45, 2.75) is 27.7 Å². The number of nitrogens with zero attached hydrogens (tertiary/aromatic N) is 2. The molecule has 0 saturated carbocycles. The molecule has 4 aromatic rings. The molecule has 1 N–H and O–H groups in total. The smallest absolute Gasteiger partial charge is 0.275 e. The van der Waals surface area contributed by atoms with E-state index < -0.39 is 0 Å². The van der Waals surface area contributed by atoms with Crippen LogP contribution in [0.5, 0.6) is 5.75 Å². The van der Waals surface area contributed by atoms with E-state index in [1.807, 2.05) is 36.4 Å². The van der Waals surface area contributed by atoms with Gasteiger partial charge >= 0.3 is 0 Å². The van der Waals surface area contributed by atoms with Gasteiger partial charge in [0.05, 0.1) is 18.9 Å². The van der Waals surface area contributed by atoms with Crippen molar-refractivity contribution in [1.82, 2.24) is 9.99 Å². The molecule has 0 aliphatic rings. The van der Waals surface area contributed by atoms with Crippen molar-refractivity contribution in [2.24, 2.45) is 5.10 Å². The number of ether oxygens (including phenoxy) is 1. The number of fused-ring (bicyclic) bond motifs is 1. The second-order valence-electron chi connectivity index (χ2n) is 7.98. The Balaban J connectivity index is 1.59. The first-order valence-electron chi connectivity index (χ1n) is 10.6. The first-order chi connectivity index (χ1) is 15.4. The summed E-state index contributed by atoms with van der Waals surface area (Å²) in [4.78, 5) is 12.8. The van der Waals surface area contributed by atoms with Crippen LogP contribution in [0.4, 0.5) is 0 Å². The zero-order valence-corrected chi connectivity index (χ0v) is 19.1. The molecule has 5 heteroatoms. The number of benzene rings is 3. The van der Waals surface area contributed by atoms with Crippen LogP contribution in [0, 0.1) is 27.7 Å². The van der Waals surface area contributed by atoms with Gasteiger partial charge in [-0.15, -0.1) is 0 Å². The summed E-state index contributed by atoms with van der Waals surface area (Å²) in [5, 5.41) is 6.22. The SMILES string of the molecule is COc1cc2ccccc2cc1C(=O)NN=Cc1cc(C)n(-c2cccc(C)c2C)c1C. The molecule has 0 saturated heterocycles. The number of aryl methyl sites for hydroxylation is 2. The van der Waals surface area contributed by atoms with E-state index in [0.717, 1.165) is 33.4 Å². The minimum atomic E-state index is -0.313.